The van der Waals surface area contributed by atoms with Gasteiger partial charge in [-0.3, -0.25) is 4.99 Å². The van der Waals surface area contributed by atoms with E-state index in [4.69, 9.17) is 9.73 Å². The van der Waals surface area contributed by atoms with Crippen LogP contribution >= 0.6 is 35.7 Å². The fourth-order valence-corrected chi connectivity index (χ4v) is 5.04. The lowest BCUT2D eigenvalue weighted by molar-refractivity contribution is -0.0155. The number of hydrogen-bond donors (Lipinski definition) is 3. The Bertz CT molecular complexity index is 685. The Labute approximate surface area is 190 Å². The van der Waals surface area contributed by atoms with Crippen molar-refractivity contribution in [3.63, 3.8) is 0 Å². The van der Waals surface area contributed by atoms with Gasteiger partial charge in [0, 0.05) is 23.8 Å². The summed E-state index contributed by atoms with van der Waals surface area (Å²) in [6.07, 6.45) is 2.77. The number of aliphatic imine (C=N–C) groups is 1. The number of hydrogen-bond acceptors (Lipinski definition) is 4. The van der Waals surface area contributed by atoms with E-state index in [9.17, 15) is 5.11 Å². The number of nitrogens with one attached hydrogen (secondary N) is 2. The van der Waals surface area contributed by atoms with Gasteiger partial charge in [0.15, 0.2) is 5.96 Å². The van der Waals surface area contributed by atoms with Crippen LogP contribution in [0.2, 0.25) is 0 Å². The van der Waals surface area contributed by atoms with Crippen LogP contribution in [0.5, 0.6) is 5.75 Å². The molecule has 0 radical (unpaired) electrons. The molecule has 3 atom stereocenters. The molecule has 1 aliphatic carbocycles. The molecule has 28 heavy (non-hydrogen) atoms. The van der Waals surface area contributed by atoms with Crippen LogP contribution in [0.4, 0.5) is 0 Å². The molecule has 1 aromatic rings. The Morgan fingerprint density at radius 3 is 2.71 bits per heavy atom. The van der Waals surface area contributed by atoms with Gasteiger partial charge in [-0.05, 0) is 45.4 Å². The van der Waals surface area contributed by atoms with Crippen LogP contribution in [0.15, 0.2) is 29.3 Å². The van der Waals surface area contributed by atoms with E-state index in [1.54, 1.807) is 0 Å². The third-order valence-corrected chi connectivity index (χ3v) is 6.76. The number of thioether (sulfide) groups is 1. The Balaban J connectivity index is 0.00000280. The highest BCUT2D eigenvalue weighted by Crippen LogP contribution is 2.41. The first-order valence-corrected chi connectivity index (χ1v) is 11.1. The molecule has 2 aliphatic rings. The highest BCUT2D eigenvalue weighted by atomic mass is 127. The lowest BCUT2D eigenvalue weighted by Crippen LogP contribution is -2.53. The Morgan fingerprint density at radius 1 is 1.32 bits per heavy atom. The summed E-state index contributed by atoms with van der Waals surface area (Å²) in [6, 6.07) is 8.31. The van der Waals surface area contributed by atoms with Gasteiger partial charge in [0.05, 0.1) is 18.2 Å². The maximum atomic E-state index is 10.9. The van der Waals surface area contributed by atoms with Gasteiger partial charge in [-0.25, -0.2) is 0 Å². The highest BCUT2D eigenvalue weighted by molar-refractivity contribution is 14.0. The molecular weight excluding hydrogens is 485 g/mol. The zero-order chi connectivity index (χ0) is 19.5. The number of nitrogens with zero attached hydrogens (tertiary/aromatic N) is 1. The van der Waals surface area contributed by atoms with Gasteiger partial charge in [-0.1, -0.05) is 25.1 Å². The Hall–Kier alpha value is -0.670. The molecule has 3 unspecified atom stereocenters. The lowest BCUT2D eigenvalue weighted by Gasteiger charge is -2.44. The molecule has 158 valence electrons. The zero-order valence-electron chi connectivity index (χ0n) is 17.3. The number of ether oxygens (including phenoxy) is 1. The Morgan fingerprint density at radius 2 is 2.07 bits per heavy atom. The zero-order valence-corrected chi connectivity index (χ0v) is 20.5. The van der Waals surface area contributed by atoms with Crippen molar-refractivity contribution in [3.8, 4) is 5.75 Å². The van der Waals surface area contributed by atoms with E-state index in [-0.39, 0.29) is 35.6 Å². The average molecular weight is 519 g/mol. The summed E-state index contributed by atoms with van der Waals surface area (Å²) >= 11 is 1.84. The second-order valence-electron chi connectivity index (χ2n) is 8.08. The smallest absolute Gasteiger partial charge is 0.191 e. The minimum absolute atomic E-state index is 0. The van der Waals surface area contributed by atoms with Crippen LogP contribution in [0, 0.1) is 0 Å². The molecule has 0 aromatic heterocycles. The van der Waals surface area contributed by atoms with Crippen LogP contribution in [0.3, 0.4) is 0 Å². The summed E-state index contributed by atoms with van der Waals surface area (Å²) in [5, 5.41) is 18.1. The molecule has 1 saturated carbocycles. The molecule has 1 aromatic carbocycles. The maximum absolute atomic E-state index is 10.9. The van der Waals surface area contributed by atoms with E-state index in [1.165, 1.54) is 0 Å². The van der Waals surface area contributed by atoms with Gasteiger partial charge in [-0.15, -0.1) is 24.0 Å². The third kappa shape index (κ3) is 5.48. The fourth-order valence-electron chi connectivity index (χ4n) is 3.85. The average Bonchev–Trinajstić information content (AvgIpc) is 2.62. The van der Waals surface area contributed by atoms with Crippen molar-refractivity contribution >= 4 is 41.7 Å². The number of guanidine groups is 1. The van der Waals surface area contributed by atoms with Crippen molar-refractivity contribution in [2.75, 3.05) is 18.8 Å². The molecule has 0 bridgehead atoms. The summed E-state index contributed by atoms with van der Waals surface area (Å²) in [5.74, 6) is 2.72. The van der Waals surface area contributed by atoms with Crippen molar-refractivity contribution in [1.29, 1.82) is 0 Å². The molecule has 0 spiro atoms. The van der Waals surface area contributed by atoms with E-state index in [0.29, 0.717) is 11.8 Å². The quantitative estimate of drug-likeness (QED) is 0.300. The molecule has 0 saturated heterocycles. The first kappa shape index (κ1) is 23.6. The minimum Gasteiger partial charge on any atom is -0.487 e. The molecule has 7 heteroatoms. The monoisotopic (exact) mass is 519 g/mol. The number of para-hydroxylation sites is 1. The van der Waals surface area contributed by atoms with Gasteiger partial charge in [0.1, 0.15) is 11.4 Å². The second kappa shape index (κ2) is 9.89. The summed E-state index contributed by atoms with van der Waals surface area (Å²) in [5.41, 5.74) is 0.248. The van der Waals surface area contributed by atoms with E-state index >= 15 is 0 Å². The summed E-state index contributed by atoms with van der Waals surface area (Å²) < 4.78 is 6.13. The number of benzene rings is 1. The van der Waals surface area contributed by atoms with E-state index < -0.39 is 5.60 Å². The first-order chi connectivity index (χ1) is 12.9. The molecule has 3 rings (SSSR count). The van der Waals surface area contributed by atoms with Crippen molar-refractivity contribution in [3.05, 3.63) is 29.8 Å². The van der Waals surface area contributed by atoms with Gasteiger partial charge in [-0.2, -0.15) is 11.8 Å². The van der Waals surface area contributed by atoms with Crippen LogP contribution in [0.25, 0.3) is 0 Å². The van der Waals surface area contributed by atoms with Crippen LogP contribution in [-0.2, 0) is 0 Å². The molecule has 3 N–H and O–H groups in total. The highest BCUT2D eigenvalue weighted by Gasteiger charge is 2.45. The van der Waals surface area contributed by atoms with Crippen molar-refractivity contribution in [1.82, 2.24) is 10.6 Å². The van der Waals surface area contributed by atoms with Crippen molar-refractivity contribution in [2.45, 2.75) is 69.5 Å². The lowest BCUT2D eigenvalue weighted by atomic mass is 9.79. The van der Waals surface area contributed by atoms with E-state index in [2.05, 4.69) is 44.4 Å². The molecular formula is C21H34IN3O2S. The van der Waals surface area contributed by atoms with Crippen molar-refractivity contribution in [2.24, 2.45) is 4.99 Å². The number of fused-ring (bicyclic) bond motifs is 1. The Kier molecular flexibility index (Phi) is 8.34. The fraction of sp³-hybridized carbons (Fsp3) is 0.667. The van der Waals surface area contributed by atoms with Crippen LogP contribution in [-0.4, -0.2) is 46.4 Å². The summed E-state index contributed by atoms with van der Waals surface area (Å²) in [6.45, 7) is 9.66. The SMILES string of the molecule is CCNC(=NCC1(O)CCC1SCC)NC1CC(C)(C)Oc2ccccc21.I. The normalized spacial score (nSPS) is 28.2. The topological polar surface area (TPSA) is 65.9 Å². The van der Waals surface area contributed by atoms with Crippen LogP contribution < -0.4 is 15.4 Å². The number of halogens is 1. The van der Waals surface area contributed by atoms with Gasteiger partial charge >= 0.3 is 0 Å². The van der Waals surface area contributed by atoms with E-state index in [0.717, 1.165) is 48.8 Å². The summed E-state index contributed by atoms with van der Waals surface area (Å²) in [4.78, 5) is 4.74. The van der Waals surface area contributed by atoms with Crippen molar-refractivity contribution < 1.29 is 9.84 Å². The standard InChI is InChI=1S/C21H33N3O2S.HI/c1-5-22-19(23-14-21(25)12-11-18(21)27-6-2)24-16-13-20(3,4)26-17-10-8-7-9-15(16)17;/h7-10,16,18,25H,5-6,11-14H2,1-4H3,(H2,22,23,24);1H. The predicted octanol–water partition coefficient (Wildman–Crippen LogP) is 4.11. The molecule has 5 nitrogen and oxygen atoms in total. The number of rotatable bonds is 6. The molecule has 0 amide bonds. The largest absolute Gasteiger partial charge is 0.487 e. The van der Waals surface area contributed by atoms with Crippen LogP contribution in [0.1, 0.15) is 58.6 Å². The molecule has 1 heterocycles. The first-order valence-electron chi connectivity index (χ1n) is 10.0. The molecule has 1 fully saturated rings. The minimum atomic E-state index is -0.671. The molecule has 1 aliphatic heterocycles. The summed E-state index contributed by atoms with van der Waals surface area (Å²) in [7, 11) is 0. The second-order valence-corrected chi connectivity index (χ2v) is 9.56. The number of aliphatic hydroxyl groups is 1. The van der Waals surface area contributed by atoms with Gasteiger partial charge in [0.25, 0.3) is 0 Å². The van der Waals surface area contributed by atoms with Gasteiger partial charge in [0.2, 0.25) is 0 Å². The maximum Gasteiger partial charge on any atom is 0.191 e. The predicted molar refractivity (Wildman–Crippen MR) is 129 cm³/mol. The third-order valence-electron chi connectivity index (χ3n) is 5.35. The van der Waals surface area contributed by atoms with Gasteiger partial charge < -0.3 is 20.5 Å². The van der Waals surface area contributed by atoms with E-state index in [1.807, 2.05) is 30.0 Å².